The van der Waals surface area contributed by atoms with Gasteiger partial charge in [-0.05, 0) is 188 Å². The fourth-order valence-electron chi connectivity index (χ4n) is 21.2. The molecule has 0 radical (unpaired) electrons. The third kappa shape index (κ3) is 11.7. The zero-order chi connectivity index (χ0) is 87.7. The fourth-order valence-corrected chi connectivity index (χ4v) is 21.2. The van der Waals surface area contributed by atoms with E-state index in [1.807, 2.05) is 12.1 Å². The van der Waals surface area contributed by atoms with Gasteiger partial charge in [0.25, 0.3) is 0 Å². The highest BCUT2D eigenvalue weighted by Crippen LogP contribution is 2.50. The Morgan fingerprint density at radius 1 is 0.172 bits per heavy atom. The molecule has 0 spiro atoms. The maximum Gasteiger partial charge on any atom is 0.170 e. The van der Waals surface area contributed by atoms with Gasteiger partial charge in [0, 0.05) is 98.3 Å². The fraction of sp³-hybridized carbons (Fsp3) is 0. The van der Waals surface area contributed by atoms with Crippen LogP contribution in [0.5, 0.6) is 0 Å². The van der Waals surface area contributed by atoms with Crippen LogP contribution >= 0.6 is 0 Å². The molecule has 622 valence electrons. The number of para-hydroxylation sites is 7. The van der Waals surface area contributed by atoms with Gasteiger partial charge in [-0.1, -0.05) is 303 Å². The molecule has 134 heavy (non-hydrogen) atoms. The average molecular weight is 1710 g/mol. The molecule has 0 aliphatic carbocycles. The van der Waals surface area contributed by atoms with Crippen LogP contribution in [0.25, 0.3) is 277 Å². The largest absolute Gasteiger partial charge is 0.455 e. The van der Waals surface area contributed by atoms with E-state index < -0.39 is 0 Å². The number of furan rings is 2. The first kappa shape index (κ1) is 74.8. The molecule has 0 saturated carbocycles. The number of benzene rings is 20. The van der Waals surface area contributed by atoms with Gasteiger partial charge in [-0.2, -0.15) is 0 Å². The van der Waals surface area contributed by atoms with Crippen molar-refractivity contribution in [2.24, 2.45) is 0 Å². The molecule has 20 aromatic carbocycles. The van der Waals surface area contributed by atoms with Crippen LogP contribution in [-0.2, 0) is 0 Å². The molecule has 0 bridgehead atoms. The van der Waals surface area contributed by atoms with E-state index in [2.05, 4.69) is 443 Å². The summed E-state index contributed by atoms with van der Waals surface area (Å²) in [5, 5.41) is 17.2. The van der Waals surface area contributed by atoms with Gasteiger partial charge in [-0.15, -0.1) is 0 Å². The highest BCUT2D eigenvalue weighted by Gasteiger charge is 2.31. The molecule has 8 heterocycles. The summed E-state index contributed by atoms with van der Waals surface area (Å²) in [6.07, 6.45) is 0. The van der Waals surface area contributed by atoms with Crippen molar-refractivity contribution in [3.05, 3.63) is 437 Å². The minimum Gasteiger partial charge on any atom is -0.455 e. The zero-order valence-electron chi connectivity index (χ0n) is 71.9. The molecule has 12 heteroatoms. The van der Waals surface area contributed by atoms with Crippen LogP contribution in [0.3, 0.4) is 0 Å². The van der Waals surface area contributed by atoms with E-state index in [4.69, 9.17) is 38.7 Å². The standard InChI is InChI=1S/C122H72N10O2/c1-4-27-73(28-5-1)78-33-24-34-84(67-78)118-124-120(96-45-26-51-104-112(96)94-43-17-22-49-102(94)130(104)86-37-8-3-9-38-86)128-122(126-118)114-106(132-100-47-20-15-40-88(100)98-69-80-30-11-13-32-82(80)71-108(98)132)66-64-92-90-62-61-83(72-110(90)134-116(92)114)76-55-53-74(54-56-76)75-57-59-77(60-58-75)117-123-119(95-44-25-50-103-111(95)93-42-16-21-48-101(93)129(103)85-35-6-2-7-36-85)127-121(125-117)113-105(65-63-91-89-41-18-23-52-109(89)133-115(91)113)131-99-46-19-14-39-87(99)97-68-79-29-10-12-31-81(79)70-107(97)131/h1-72H. The lowest BCUT2D eigenvalue weighted by Crippen LogP contribution is -2.04. The third-order valence-electron chi connectivity index (χ3n) is 27.3. The van der Waals surface area contributed by atoms with Gasteiger partial charge >= 0.3 is 0 Å². The van der Waals surface area contributed by atoms with Gasteiger partial charge in [-0.25, -0.2) is 29.9 Å². The van der Waals surface area contributed by atoms with Crippen molar-refractivity contribution in [2.45, 2.75) is 0 Å². The van der Waals surface area contributed by atoms with Crippen LogP contribution in [0, 0.1) is 0 Å². The van der Waals surface area contributed by atoms with Gasteiger partial charge < -0.3 is 27.1 Å². The average Bonchev–Trinajstić information content (AvgIpc) is 1.56. The molecular formula is C122H72N10O2. The molecule has 0 fully saturated rings. The van der Waals surface area contributed by atoms with Crippen LogP contribution in [0.4, 0.5) is 0 Å². The number of hydrogen-bond donors (Lipinski definition) is 0. The van der Waals surface area contributed by atoms with E-state index in [1.165, 1.54) is 5.39 Å². The molecule has 28 rings (SSSR count). The Bertz CT molecular complexity index is 9770. The van der Waals surface area contributed by atoms with Crippen molar-refractivity contribution in [2.75, 3.05) is 0 Å². The Kier molecular flexibility index (Phi) is 16.5. The van der Waals surface area contributed by atoms with Crippen molar-refractivity contribution in [3.63, 3.8) is 0 Å². The molecule has 0 N–H and O–H groups in total. The summed E-state index contributed by atoms with van der Waals surface area (Å²) in [7, 11) is 0. The van der Waals surface area contributed by atoms with E-state index in [1.54, 1.807) is 0 Å². The van der Waals surface area contributed by atoms with Gasteiger partial charge in [0.15, 0.2) is 34.9 Å². The van der Waals surface area contributed by atoms with Crippen molar-refractivity contribution in [1.29, 1.82) is 0 Å². The van der Waals surface area contributed by atoms with Crippen LogP contribution < -0.4 is 0 Å². The molecule has 28 aromatic rings. The highest BCUT2D eigenvalue weighted by atomic mass is 16.3. The summed E-state index contributed by atoms with van der Waals surface area (Å²) in [5.41, 5.74) is 26.2. The predicted molar refractivity (Wildman–Crippen MR) is 549 cm³/mol. The Morgan fingerprint density at radius 2 is 0.507 bits per heavy atom. The Morgan fingerprint density at radius 3 is 1.02 bits per heavy atom. The van der Waals surface area contributed by atoms with Crippen molar-refractivity contribution in [3.8, 4) is 124 Å². The second kappa shape index (κ2) is 29.7. The third-order valence-corrected chi connectivity index (χ3v) is 27.3. The normalized spacial score (nSPS) is 12.0. The molecular weight excluding hydrogens is 1640 g/mol. The molecule has 0 amide bonds. The van der Waals surface area contributed by atoms with Crippen molar-refractivity contribution >= 4 is 153 Å². The minimum atomic E-state index is 0.463. The molecule has 0 unspecified atom stereocenters. The first-order valence-corrected chi connectivity index (χ1v) is 45.3. The summed E-state index contributed by atoms with van der Waals surface area (Å²) in [4.78, 5) is 34.2. The first-order chi connectivity index (χ1) is 66.4. The van der Waals surface area contributed by atoms with Gasteiger partial charge in [-0.3, -0.25) is 0 Å². The Hall–Kier alpha value is -18.3. The molecule has 0 aliphatic rings. The van der Waals surface area contributed by atoms with E-state index in [-0.39, 0.29) is 0 Å². The molecule has 0 atom stereocenters. The van der Waals surface area contributed by atoms with Crippen LogP contribution in [0.1, 0.15) is 0 Å². The second-order valence-electron chi connectivity index (χ2n) is 34.7. The summed E-state index contributed by atoms with van der Waals surface area (Å²) < 4.78 is 24.2. The second-order valence-corrected chi connectivity index (χ2v) is 34.7. The summed E-state index contributed by atoms with van der Waals surface area (Å²) in [6, 6.07) is 155. The van der Waals surface area contributed by atoms with Gasteiger partial charge in [0.2, 0.25) is 0 Å². The zero-order valence-corrected chi connectivity index (χ0v) is 71.9. The lowest BCUT2D eigenvalue weighted by molar-refractivity contribution is 0.669. The summed E-state index contributed by atoms with van der Waals surface area (Å²) >= 11 is 0. The number of aromatic nitrogens is 10. The van der Waals surface area contributed by atoms with Crippen molar-refractivity contribution in [1.82, 2.24) is 48.2 Å². The number of rotatable bonds is 13. The van der Waals surface area contributed by atoms with E-state index >= 15 is 0 Å². The summed E-state index contributed by atoms with van der Waals surface area (Å²) in [6.45, 7) is 0. The lowest BCUT2D eigenvalue weighted by Gasteiger charge is -2.16. The molecule has 0 aliphatic heterocycles. The minimum absolute atomic E-state index is 0.463. The lowest BCUT2D eigenvalue weighted by atomic mass is 9.98. The van der Waals surface area contributed by atoms with E-state index in [0.29, 0.717) is 46.1 Å². The summed E-state index contributed by atoms with van der Waals surface area (Å²) in [5.74, 6) is 3.03. The number of nitrogens with zero attached hydrogens (tertiary/aromatic N) is 10. The number of fused-ring (bicyclic) bond motifs is 20. The van der Waals surface area contributed by atoms with E-state index in [0.717, 1.165) is 226 Å². The maximum atomic E-state index is 7.60. The molecule has 0 saturated heterocycles. The number of hydrogen-bond acceptors (Lipinski definition) is 8. The molecule has 8 aromatic heterocycles. The van der Waals surface area contributed by atoms with Crippen LogP contribution in [-0.4, -0.2) is 48.2 Å². The maximum absolute atomic E-state index is 7.60. The van der Waals surface area contributed by atoms with E-state index in [9.17, 15) is 0 Å². The quantitative estimate of drug-likeness (QED) is 0.112. The smallest absolute Gasteiger partial charge is 0.170 e. The monoisotopic (exact) mass is 1710 g/mol. The SMILES string of the molecule is c1ccc(-c2cccc(-c3nc(-c4c(-n5c6ccccc6c6cc7ccccc7cc65)ccc5c4oc4cc(-c6ccc(-c7ccc(-c8nc(-c9c(-n%10c%11ccccc%11c%11cc%12ccccc%12cc%11%10)ccc%10c9oc9ccccc9%10)nc(-c9cccc%10c9c9ccccc9n%10-c9ccccc9)n8)cc7)cc6)ccc45)nc(-c4cccc5c4c4ccccc4n5-c4ccccc4)n3)c2)cc1. The van der Waals surface area contributed by atoms with Gasteiger partial charge in [0.05, 0.1) is 66.6 Å². The Labute approximate surface area is 765 Å². The predicted octanol–water partition coefficient (Wildman–Crippen LogP) is 31.6. The van der Waals surface area contributed by atoms with Crippen molar-refractivity contribution < 1.29 is 8.83 Å². The highest BCUT2D eigenvalue weighted by molar-refractivity contribution is 6.21. The van der Waals surface area contributed by atoms with Gasteiger partial charge in [0.1, 0.15) is 22.3 Å². The molecule has 12 nitrogen and oxygen atoms in total. The first-order valence-electron chi connectivity index (χ1n) is 45.3. The van der Waals surface area contributed by atoms with Crippen LogP contribution in [0.2, 0.25) is 0 Å². The Balaban J connectivity index is 0.600. The van der Waals surface area contributed by atoms with Crippen LogP contribution in [0.15, 0.2) is 446 Å². The topological polar surface area (TPSA) is 123 Å².